The molecule has 0 amide bonds. The van der Waals surface area contributed by atoms with Crippen molar-refractivity contribution < 1.29 is 14.6 Å². The van der Waals surface area contributed by atoms with Gasteiger partial charge < -0.3 is 15.2 Å². The first-order chi connectivity index (χ1) is 10.2. The molecule has 0 bridgehead atoms. The second-order valence-corrected chi connectivity index (χ2v) is 5.23. The number of benzene rings is 1. The second-order valence-electron chi connectivity index (χ2n) is 5.23. The van der Waals surface area contributed by atoms with E-state index in [0.717, 1.165) is 32.4 Å². The van der Waals surface area contributed by atoms with E-state index in [9.17, 15) is 9.90 Å². The molecule has 1 aliphatic heterocycles. The van der Waals surface area contributed by atoms with E-state index in [2.05, 4.69) is 10.3 Å². The van der Waals surface area contributed by atoms with Gasteiger partial charge in [0, 0.05) is 18.5 Å². The molecule has 0 aliphatic carbocycles. The molecule has 0 spiro atoms. The van der Waals surface area contributed by atoms with Gasteiger partial charge in [-0.2, -0.15) is 0 Å². The molecule has 1 aromatic heterocycles. The Hall–Kier alpha value is -2.14. The molecule has 5 nitrogen and oxygen atoms in total. The monoisotopic (exact) mass is 286 g/mol. The quantitative estimate of drug-likeness (QED) is 0.884. The Morgan fingerprint density at radius 1 is 1.43 bits per heavy atom. The van der Waals surface area contributed by atoms with Crippen molar-refractivity contribution in [3.8, 4) is 0 Å². The van der Waals surface area contributed by atoms with E-state index in [1.54, 1.807) is 12.1 Å². The Balaban J connectivity index is 1.76. The molecule has 0 radical (unpaired) electrons. The Labute approximate surface area is 123 Å². The van der Waals surface area contributed by atoms with E-state index in [1.165, 1.54) is 0 Å². The van der Waals surface area contributed by atoms with Crippen LogP contribution in [0.1, 0.15) is 29.6 Å². The molecule has 1 unspecified atom stereocenters. The maximum atomic E-state index is 11.4. The lowest BCUT2D eigenvalue weighted by atomic mass is 10.1. The Kier molecular flexibility index (Phi) is 4.01. The lowest BCUT2D eigenvalue weighted by Gasteiger charge is -2.12. The third-order valence-electron chi connectivity index (χ3n) is 3.74. The number of fused-ring (bicyclic) bond motifs is 1. The first kappa shape index (κ1) is 13.8. The second kappa shape index (κ2) is 6.10. The Morgan fingerprint density at radius 3 is 3.05 bits per heavy atom. The molecule has 2 heterocycles. The summed E-state index contributed by atoms with van der Waals surface area (Å²) >= 11 is 0. The fourth-order valence-corrected chi connectivity index (χ4v) is 2.68. The van der Waals surface area contributed by atoms with Crippen LogP contribution in [0.4, 0.5) is 5.82 Å². The first-order valence-electron chi connectivity index (χ1n) is 7.22. The number of anilines is 1. The largest absolute Gasteiger partial charge is 0.478 e. The number of aromatic carboxylic acids is 1. The lowest BCUT2D eigenvalue weighted by molar-refractivity contribution is 0.0699. The van der Waals surface area contributed by atoms with Gasteiger partial charge in [-0.05, 0) is 31.4 Å². The average molecular weight is 286 g/mol. The summed E-state index contributed by atoms with van der Waals surface area (Å²) in [6.07, 6.45) is 3.46. The fourth-order valence-electron chi connectivity index (χ4n) is 2.68. The summed E-state index contributed by atoms with van der Waals surface area (Å²) in [6, 6.07) is 8.88. The van der Waals surface area contributed by atoms with Crippen LogP contribution in [0.3, 0.4) is 0 Å². The van der Waals surface area contributed by atoms with Gasteiger partial charge in [0.15, 0.2) is 0 Å². The minimum Gasteiger partial charge on any atom is -0.478 e. The van der Waals surface area contributed by atoms with Gasteiger partial charge in [-0.3, -0.25) is 0 Å². The molecule has 2 aromatic rings. The van der Waals surface area contributed by atoms with E-state index >= 15 is 0 Å². The molecule has 1 saturated heterocycles. The summed E-state index contributed by atoms with van der Waals surface area (Å²) in [5.74, 6) is -0.333. The van der Waals surface area contributed by atoms with Crippen molar-refractivity contribution in [3.05, 3.63) is 35.9 Å². The maximum absolute atomic E-state index is 11.4. The van der Waals surface area contributed by atoms with Gasteiger partial charge in [0.2, 0.25) is 0 Å². The number of aromatic nitrogens is 1. The van der Waals surface area contributed by atoms with Crippen LogP contribution >= 0.6 is 0 Å². The lowest BCUT2D eigenvalue weighted by Crippen LogP contribution is -2.13. The molecular weight excluding hydrogens is 268 g/mol. The van der Waals surface area contributed by atoms with Crippen molar-refractivity contribution in [2.75, 3.05) is 18.5 Å². The number of hydrogen-bond donors (Lipinski definition) is 2. The number of carboxylic acid groups (broad SMARTS) is 1. The van der Waals surface area contributed by atoms with E-state index in [1.807, 2.05) is 18.2 Å². The predicted octanol–water partition coefficient (Wildman–Crippen LogP) is 2.91. The minimum atomic E-state index is -0.934. The standard InChI is InChI=1S/C16H18N2O3/c19-16(20)13-10-15(17-8-7-11-4-3-9-21-11)18-14-6-2-1-5-12(13)14/h1-2,5-6,10-11H,3-4,7-9H2,(H,17,18)(H,19,20). The Morgan fingerprint density at radius 2 is 2.29 bits per heavy atom. The summed E-state index contributed by atoms with van der Waals surface area (Å²) in [6.45, 7) is 1.58. The molecule has 3 rings (SSSR count). The topological polar surface area (TPSA) is 71.5 Å². The third kappa shape index (κ3) is 3.13. The number of hydrogen-bond acceptors (Lipinski definition) is 4. The highest BCUT2D eigenvalue weighted by Crippen LogP contribution is 2.21. The SMILES string of the molecule is O=C(O)c1cc(NCCC2CCCO2)nc2ccccc12. The smallest absolute Gasteiger partial charge is 0.336 e. The van der Waals surface area contributed by atoms with Crippen molar-refractivity contribution in [1.29, 1.82) is 0 Å². The van der Waals surface area contributed by atoms with Crippen molar-refractivity contribution in [2.45, 2.75) is 25.4 Å². The molecule has 2 N–H and O–H groups in total. The fraction of sp³-hybridized carbons (Fsp3) is 0.375. The highest BCUT2D eigenvalue weighted by atomic mass is 16.5. The van der Waals surface area contributed by atoms with Crippen molar-refractivity contribution in [2.24, 2.45) is 0 Å². The summed E-state index contributed by atoms with van der Waals surface area (Å²) in [5.41, 5.74) is 0.970. The van der Waals surface area contributed by atoms with Gasteiger partial charge >= 0.3 is 5.97 Å². The van der Waals surface area contributed by atoms with Crippen molar-refractivity contribution in [3.63, 3.8) is 0 Å². The summed E-state index contributed by atoms with van der Waals surface area (Å²) in [4.78, 5) is 15.8. The van der Waals surface area contributed by atoms with Gasteiger partial charge in [-0.25, -0.2) is 9.78 Å². The molecule has 0 saturated carbocycles. The van der Waals surface area contributed by atoms with Crippen LogP contribution in [0.5, 0.6) is 0 Å². The highest BCUT2D eigenvalue weighted by molar-refractivity contribution is 6.03. The van der Waals surface area contributed by atoms with E-state index in [0.29, 0.717) is 22.8 Å². The van der Waals surface area contributed by atoms with Crippen molar-refractivity contribution >= 4 is 22.7 Å². The summed E-state index contributed by atoms with van der Waals surface area (Å²) in [5, 5.41) is 13.2. The number of carbonyl (C=O) groups is 1. The van der Waals surface area contributed by atoms with Gasteiger partial charge in [-0.15, -0.1) is 0 Å². The van der Waals surface area contributed by atoms with Crippen LogP contribution in [0, 0.1) is 0 Å². The molecule has 1 fully saturated rings. The van der Waals surface area contributed by atoms with Gasteiger partial charge in [0.05, 0.1) is 17.2 Å². The van der Waals surface area contributed by atoms with Crippen LogP contribution in [0.25, 0.3) is 10.9 Å². The number of pyridine rings is 1. The van der Waals surface area contributed by atoms with Gasteiger partial charge in [0.1, 0.15) is 5.82 Å². The average Bonchev–Trinajstić information content (AvgIpc) is 2.99. The normalized spacial score (nSPS) is 18.0. The third-order valence-corrected chi connectivity index (χ3v) is 3.74. The van der Waals surface area contributed by atoms with Gasteiger partial charge in [0.25, 0.3) is 0 Å². The van der Waals surface area contributed by atoms with Gasteiger partial charge in [-0.1, -0.05) is 18.2 Å². The molecule has 1 aliphatic rings. The zero-order valence-electron chi connectivity index (χ0n) is 11.7. The predicted molar refractivity (Wildman–Crippen MR) is 80.8 cm³/mol. The van der Waals surface area contributed by atoms with Crippen LogP contribution in [0.15, 0.2) is 30.3 Å². The Bertz CT molecular complexity index is 651. The molecule has 5 heteroatoms. The molecule has 1 aromatic carbocycles. The number of ether oxygens (including phenoxy) is 1. The number of nitrogens with zero attached hydrogens (tertiary/aromatic N) is 1. The van der Waals surface area contributed by atoms with E-state index in [-0.39, 0.29) is 5.56 Å². The van der Waals surface area contributed by atoms with Crippen LogP contribution in [-0.4, -0.2) is 35.3 Å². The minimum absolute atomic E-state index is 0.278. The number of nitrogens with one attached hydrogen (secondary N) is 1. The van der Waals surface area contributed by atoms with E-state index in [4.69, 9.17) is 4.74 Å². The zero-order valence-corrected chi connectivity index (χ0v) is 11.7. The number of carboxylic acids is 1. The van der Waals surface area contributed by atoms with Crippen LogP contribution in [-0.2, 0) is 4.74 Å². The van der Waals surface area contributed by atoms with E-state index < -0.39 is 5.97 Å². The van der Waals surface area contributed by atoms with Crippen LogP contribution in [0.2, 0.25) is 0 Å². The molecule has 1 atom stereocenters. The molecular formula is C16H18N2O3. The number of para-hydroxylation sites is 1. The summed E-state index contributed by atoms with van der Waals surface area (Å²) < 4.78 is 5.57. The van der Waals surface area contributed by atoms with Crippen LogP contribution < -0.4 is 5.32 Å². The van der Waals surface area contributed by atoms with Crippen molar-refractivity contribution in [1.82, 2.24) is 4.98 Å². The number of rotatable bonds is 5. The summed E-state index contributed by atoms with van der Waals surface area (Å²) in [7, 11) is 0. The first-order valence-corrected chi connectivity index (χ1v) is 7.22. The zero-order chi connectivity index (χ0) is 14.7. The highest BCUT2D eigenvalue weighted by Gasteiger charge is 2.15. The molecule has 21 heavy (non-hydrogen) atoms. The maximum Gasteiger partial charge on any atom is 0.336 e. The molecule has 110 valence electrons.